The fourth-order valence-corrected chi connectivity index (χ4v) is 3.06. The minimum absolute atomic E-state index is 0.0753. The number of hydrogen-bond acceptors (Lipinski definition) is 3. The second kappa shape index (κ2) is 12.9. The Kier molecular flexibility index (Phi) is 11.4. The molecular weight excluding hydrogens is 276 g/mol. The molecule has 0 amide bonds. The Morgan fingerprint density at radius 3 is 1.86 bits per heavy atom. The topological polar surface area (TPSA) is 38.8 Å². The van der Waals surface area contributed by atoms with E-state index in [1.54, 1.807) is 0 Å². The normalized spacial score (nSPS) is 20.1. The quantitative estimate of drug-likeness (QED) is 0.230. The zero-order valence-corrected chi connectivity index (χ0v) is 14.8. The van der Waals surface area contributed by atoms with Gasteiger partial charge in [0.1, 0.15) is 0 Å². The highest BCUT2D eigenvalue weighted by Crippen LogP contribution is 2.31. The Labute approximate surface area is 137 Å². The molecule has 0 aromatic carbocycles. The lowest BCUT2D eigenvalue weighted by atomic mass is 10.0. The largest absolute Gasteiger partial charge is 0.469 e. The third kappa shape index (κ3) is 10.2. The van der Waals surface area contributed by atoms with Crippen molar-refractivity contribution in [3.8, 4) is 0 Å². The van der Waals surface area contributed by atoms with Crippen LogP contribution < -0.4 is 0 Å². The van der Waals surface area contributed by atoms with Crippen LogP contribution in [-0.4, -0.2) is 25.3 Å². The summed E-state index contributed by atoms with van der Waals surface area (Å²) in [6.07, 6.45) is 18.4. The predicted molar refractivity (Wildman–Crippen MR) is 91.0 cm³/mol. The number of methoxy groups -OCH3 is 1. The fraction of sp³-hybridized carbons (Fsp3) is 0.947. The van der Waals surface area contributed by atoms with Crippen molar-refractivity contribution in [1.29, 1.82) is 0 Å². The molecule has 0 bridgehead atoms. The lowest BCUT2D eigenvalue weighted by Gasteiger charge is -2.01. The van der Waals surface area contributed by atoms with Gasteiger partial charge in [-0.05, 0) is 19.3 Å². The highest BCUT2D eigenvalue weighted by atomic mass is 16.6. The maximum Gasteiger partial charge on any atom is 0.305 e. The number of esters is 1. The van der Waals surface area contributed by atoms with Crippen molar-refractivity contribution in [2.45, 2.75) is 109 Å². The van der Waals surface area contributed by atoms with E-state index in [1.807, 2.05) is 0 Å². The van der Waals surface area contributed by atoms with Crippen LogP contribution in [0.2, 0.25) is 0 Å². The van der Waals surface area contributed by atoms with E-state index in [-0.39, 0.29) is 5.97 Å². The van der Waals surface area contributed by atoms with Crippen molar-refractivity contribution in [3.05, 3.63) is 0 Å². The third-order valence-corrected chi connectivity index (χ3v) is 4.63. The van der Waals surface area contributed by atoms with Crippen molar-refractivity contribution in [2.24, 2.45) is 0 Å². The van der Waals surface area contributed by atoms with Crippen molar-refractivity contribution in [1.82, 2.24) is 0 Å². The summed E-state index contributed by atoms with van der Waals surface area (Å²) in [7, 11) is 1.46. The molecule has 22 heavy (non-hydrogen) atoms. The van der Waals surface area contributed by atoms with Crippen molar-refractivity contribution < 1.29 is 14.3 Å². The molecule has 1 heterocycles. The molecule has 1 rings (SSSR count). The summed E-state index contributed by atoms with van der Waals surface area (Å²) in [5.74, 6) is -0.0753. The van der Waals surface area contributed by atoms with E-state index in [1.165, 1.54) is 77.7 Å². The standard InChI is InChI=1S/C19H36O3/c1-3-4-5-11-14-17-18(22-17)15-12-9-7-6-8-10-13-16-19(20)21-2/h17-18H,3-16H2,1-2H3/t17-,18+/m1/s1. The molecule has 1 aliphatic heterocycles. The summed E-state index contributed by atoms with van der Waals surface area (Å²) >= 11 is 0. The first kappa shape index (κ1) is 19.5. The number of unbranched alkanes of at least 4 members (excludes halogenated alkanes) is 9. The molecule has 0 unspecified atom stereocenters. The monoisotopic (exact) mass is 312 g/mol. The van der Waals surface area contributed by atoms with Crippen LogP contribution in [0.4, 0.5) is 0 Å². The fourth-order valence-electron chi connectivity index (χ4n) is 3.06. The van der Waals surface area contributed by atoms with Gasteiger partial charge in [0.05, 0.1) is 19.3 Å². The molecule has 0 aromatic rings. The van der Waals surface area contributed by atoms with Crippen molar-refractivity contribution in [3.63, 3.8) is 0 Å². The molecule has 0 spiro atoms. The Balaban J connectivity index is 1.75. The Bertz CT molecular complexity index is 278. The van der Waals surface area contributed by atoms with E-state index in [0.29, 0.717) is 18.6 Å². The summed E-state index contributed by atoms with van der Waals surface area (Å²) in [5.41, 5.74) is 0. The molecule has 0 radical (unpaired) electrons. The van der Waals surface area contributed by atoms with Gasteiger partial charge in [0, 0.05) is 6.42 Å². The van der Waals surface area contributed by atoms with E-state index >= 15 is 0 Å². The van der Waals surface area contributed by atoms with E-state index in [0.717, 1.165) is 12.8 Å². The molecule has 0 saturated carbocycles. The molecule has 1 fully saturated rings. The van der Waals surface area contributed by atoms with Gasteiger partial charge in [-0.3, -0.25) is 4.79 Å². The maximum absolute atomic E-state index is 10.9. The van der Waals surface area contributed by atoms with Crippen molar-refractivity contribution >= 4 is 5.97 Å². The number of hydrogen-bond donors (Lipinski definition) is 0. The Hall–Kier alpha value is -0.570. The van der Waals surface area contributed by atoms with Gasteiger partial charge in [0.15, 0.2) is 0 Å². The summed E-state index contributed by atoms with van der Waals surface area (Å²) in [6, 6.07) is 0. The molecule has 1 saturated heterocycles. The lowest BCUT2D eigenvalue weighted by molar-refractivity contribution is -0.140. The average Bonchev–Trinajstić information content (AvgIpc) is 3.28. The zero-order valence-electron chi connectivity index (χ0n) is 14.8. The number of carbonyl (C=O) groups excluding carboxylic acids is 1. The highest BCUT2D eigenvalue weighted by Gasteiger charge is 2.36. The van der Waals surface area contributed by atoms with Gasteiger partial charge in [0.25, 0.3) is 0 Å². The van der Waals surface area contributed by atoms with E-state index in [2.05, 4.69) is 11.7 Å². The summed E-state index contributed by atoms with van der Waals surface area (Å²) in [5, 5.41) is 0. The number of epoxide rings is 1. The van der Waals surface area contributed by atoms with Gasteiger partial charge >= 0.3 is 5.97 Å². The van der Waals surface area contributed by atoms with Crippen LogP contribution in [0, 0.1) is 0 Å². The lowest BCUT2D eigenvalue weighted by Crippen LogP contribution is -1.99. The average molecular weight is 312 g/mol. The van der Waals surface area contributed by atoms with Gasteiger partial charge in [0.2, 0.25) is 0 Å². The summed E-state index contributed by atoms with van der Waals surface area (Å²) < 4.78 is 10.4. The first-order valence-electron chi connectivity index (χ1n) is 9.50. The molecule has 3 nitrogen and oxygen atoms in total. The Morgan fingerprint density at radius 1 is 0.818 bits per heavy atom. The van der Waals surface area contributed by atoms with Crippen LogP contribution in [0.5, 0.6) is 0 Å². The molecule has 0 aromatic heterocycles. The van der Waals surface area contributed by atoms with Crippen molar-refractivity contribution in [2.75, 3.05) is 7.11 Å². The van der Waals surface area contributed by atoms with E-state index < -0.39 is 0 Å². The van der Waals surface area contributed by atoms with Gasteiger partial charge in [-0.1, -0.05) is 71.1 Å². The van der Waals surface area contributed by atoms with Crippen LogP contribution in [0.15, 0.2) is 0 Å². The Morgan fingerprint density at radius 2 is 1.32 bits per heavy atom. The number of carbonyl (C=O) groups is 1. The van der Waals surface area contributed by atoms with Gasteiger partial charge < -0.3 is 9.47 Å². The first-order chi connectivity index (χ1) is 10.8. The zero-order chi connectivity index (χ0) is 16.0. The van der Waals surface area contributed by atoms with Crippen LogP contribution in [-0.2, 0) is 14.3 Å². The van der Waals surface area contributed by atoms with Crippen LogP contribution in [0.25, 0.3) is 0 Å². The van der Waals surface area contributed by atoms with Gasteiger partial charge in [-0.15, -0.1) is 0 Å². The summed E-state index contributed by atoms with van der Waals surface area (Å²) in [4.78, 5) is 10.9. The molecule has 0 aliphatic carbocycles. The minimum Gasteiger partial charge on any atom is -0.469 e. The minimum atomic E-state index is -0.0753. The second-order valence-electron chi connectivity index (χ2n) is 6.65. The first-order valence-corrected chi connectivity index (χ1v) is 9.50. The highest BCUT2D eigenvalue weighted by molar-refractivity contribution is 5.68. The van der Waals surface area contributed by atoms with Crippen LogP contribution in [0.3, 0.4) is 0 Å². The molecule has 0 N–H and O–H groups in total. The molecule has 130 valence electrons. The van der Waals surface area contributed by atoms with E-state index in [9.17, 15) is 4.79 Å². The molecule has 1 aliphatic rings. The predicted octanol–water partition coefficient (Wildman–Crippen LogP) is 5.41. The molecular formula is C19H36O3. The van der Waals surface area contributed by atoms with Crippen LogP contribution in [0.1, 0.15) is 96.8 Å². The molecule has 2 atom stereocenters. The molecule has 3 heteroatoms. The van der Waals surface area contributed by atoms with Crippen LogP contribution >= 0.6 is 0 Å². The van der Waals surface area contributed by atoms with Gasteiger partial charge in [-0.25, -0.2) is 0 Å². The smallest absolute Gasteiger partial charge is 0.305 e. The maximum atomic E-state index is 10.9. The SMILES string of the molecule is CCCCCC[C@H]1O[C@H]1CCCCCCCCCC(=O)OC. The number of rotatable bonds is 15. The van der Waals surface area contributed by atoms with Gasteiger partial charge in [-0.2, -0.15) is 0 Å². The third-order valence-electron chi connectivity index (χ3n) is 4.63. The number of ether oxygens (including phenoxy) is 2. The second-order valence-corrected chi connectivity index (χ2v) is 6.65. The van der Waals surface area contributed by atoms with E-state index in [4.69, 9.17) is 4.74 Å². The summed E-state index contributed by atoms with van der Waals surface area (Å²) in [6.45, 7) is 2.26.